The summed E-state index contributed by atoms with van der Waals surface area (Å²) in [6, 6.07) is 13.9. The van der Waals surface area contributed by atoms with E-state index in [4.69, 9.17) is 4.74 Å². The molecule has 2 aromatic rings. The number of ether oxygens (including phenoxy) is 1. The van der Waals surface area contributed by atoms with Gasteiger partial charge in [0.15, 0.2) is 0 Å². The Balaban J connectivity index is 1.66. The lowest BCUT2D eigenvalue weighted by Crippen LogP contribution is -2.27. The number of hydrogen-bond acceptors (Lipinski definition) is 4. The number of hydrogen-bond donors (Lipinski definition) is 2. The van der Waals surface area contributed by atoms with Gasteiger partial charge in [0.2, 0.25) is 10.0 Å². The van der Waals surface area contributed by atoms with E-state index < -0.39 is 10.0 Å². The summed E-state index contributed by atoms with van der Waals surface area (Å²) in [4.78, 5) is 12.5. The van der Waals surface area contributed by atoms with E-state index in [1.54, 1.807) is 19.2 Å². The highest BCUT2D eigenvalue weighted by atomic mass is 32.2. The maximum absolute atomic E-state index is 12.4. The molecule has 1 fully saturated rings. The fourth-order valence-electron chi connectivity index (χ4n) is 2.57. The molecule has 1 aliphatic rings. The van der Waals surface area contributed by atoms with Crippen LogP contribution in [0.4, 0.5) is 0 Å². The van der Waals surface area contributed by atoms with E-state index in [1.807, 2.05) is 24.3 Å². The zero-order chi connectivity index (χ0) is 18.6. The fourth-order valence-corrected chi connectivity index (χ4v) is 3.92. The first kappa shape index (κ1) is 18.6. The maximum Gasteiger partial charge on any atom is 0.251 e. The van der Waals surface area contributed by atoms with Crippen LogP contribution in [-0.4, -0.2) is 27.5 Å². The standard InChI is InChI=1S/C19H22N2O4S/c1-25-13-15-5-2-4-14(10-15)12-20-19(22)16-6-3-7-18(11-16)26(23,24)21-17-8-9-17/h2-7,10-11,17,21H,8-9,12-13H2,1H3,(H,20,22). The fraction of sp³-hybridized carbons (Fsp3) is 0.316. The molecule has 0 unspecified atom stereocenters. The van der Waals surface area contributed by atoms with Crippen LogP contribution < -0.4 is 10.0 Å². The molecule has 0 bridgehead atoms. The number of benzene rings is 2. The van der Waals surface area contributed by atoms with Gasteiger partial charge in [-0.3, -0.25) is 4.79 Å². The summed E-state index contributed by atoms with van der Waals surface area (Å²) in [6.07, 6.45) is 1.73. The van der Waals surface area contributed by atoms with Gasteiger partial charge in [-0.1, -0.05) is 30.3 Å². The Hall–Kier alpha value is -2.22. The zero-order valence-electron chi connectivity index (χ0n) is 14.6. The molecule has 1 saturated carbocycles. The number of amides is 1. The average molecular weight is 374 g/mol. The van der Waals surface area contributed by atoms with Crippen molar-refractivity contribution in [3.8, 4) is 0 Å². The van der Waals surface area contributed by atoms with Gasteiger partial charge in [-0.2, -0.15) is 0 Å². The molecule has 0 atom stereocenters. The van der Waals surface area contributed by atoms with Gasteiger partial charge in [0, 0.05) is 25.3 Å². The second-order valence-corrected chi connectivity index (χ2v) is 8.07. The monoisotopic (exact) mass is 374 g/mol. The Bertz CT molecular complexity index is 892. The Labute approximate surface area is 153 Å². The molecule has 2 N–H and O–H groups in total. The first-order valence-electron chi connectivity index (χ1n) is 8.45. The summed E-state index contributed by atoms with van der Waals surface area (Å²) in [5, 5.41) is 2.82. The Morgan fingerprint density at radius 1 is 1.12 bits per heavy atom. The summed E-state index contributed by atoms with van der Waals surface area (Å²) in [6.45, 7) is 0.864. The molecule has 6 nitrogen and oxygen atoms in total. The third kappa shape index (κ3) is 4.91. The SMILES string of the molecule is COCc1cccc(CNC(=O)c2cccc(S(=O)(=O)NC3CC3)c2)c1. The molecule has 0 aliphatic heterocycles. The Kier molecular flexibility index (Phi) is 5.70. The van der Waals surface area contributed by atoms with Crippen LogP contribution in [0.5, 0.6) is 0 Å². The van der Waals surface area contributed by atoms with E-state index in [0.717, 1.165) is 24.0 Å². The average Bonchev–Trinajstić information content (AvgIpc) is 3.44. The van der Waals surface area contributed by atoms with Crippen LogP contribution in [0.1, 0.15) is 34.3 Å². The van der Waals surface area contributed by atoms with E-state index in [2.05, 4.69) is 10.0 Å². The van der Waals surface area contributed by atoms with Crippen LogP contribution >= 0.6 is 0 Å². The molecule has 1 aliphatic carbocycles. The van der Waals surface area contributed by atoms with Crippen molar-refractivity contribution in [2.45, 2.75) is 36.9 Å². The van der Waals surface area contributed by atoms with Gasteiger partial charge in [-0.15, -0.1) is 0 Å². The minimum atomic E-state index is -3.58. The minimum Gasteiger partial charge on any atom is -0.380 e. The van der Waals surface area contributed by atoms with Crippen LogP contribution in [0.25, 0.3) is 0 Å². The first-order valence-corrected chi connectivity index (χ1v) is 9.93. The smallest absolute Gasteiger partial charge is 0.251 e. The van der Waals surface area contributed by atoms with E-state index in [9.17, 15) is 13.2 Å². The normalized spacial score (nSPS) is 14.2. The quantitative estimate of drug-likeness (QED) is 0.742. The number of rotatable bonds is 8. The topological polar surface area (TPSA) is 84.5 Å². The van der Waals surface area contributed by atoms with Gasteiger partial charge in [0.05, 0.1) is 11.5 Å². The van der Waals surface area contributed by atoms with E-state index in [1.165, 1.54) is 12.1 Å². The highest BCUT2D eigenvalue weighted by Crippen LogP contribution is 2.22. The molecule has 7 heteroatoms. The summed E-state index contributed by atoms with van der Waals surface area (Å²) in [5.74, 6) is -0.314. The molecule has 26 heavy (non-hydrogen) atoms. The molecular weight excluding hydrogens is 352 g/mol. The molecule has 0 aromatic heterocycles. The van der Waals surface area contributed by atoms with Gasteiger partial charge in [0.1, 0.15) is 0 Å². The van der Waals surface area contributed by atoms with Gasteiger partial charge in [-0.25, -0.2) is 13.1 Å². The van der Waals surface area contributed by atoms with Gasteiger partial charge in [-0.05, 0) is 42.2 Å². The van der Waals surface area contributed by atoms with Gasteiger partial charge < -0.3 is 10.1 Å². The summed E-state index contributed by atoms with van der Waals surface area (Å²) in [7, 11) is -1.94. The molecule has 0 heterocycles. The molecular formula is C19H22N2O4S. The third-order valence-electron chi connectivity index (χ3n) is 4.06. The lowest BCUT2D eigenvalue weighted by molar-refractivity contribution is 0.0950. The molecule has 2 aromatic carbocycles. The molecule has 138 valence electrons. The number of carbonyl (C=O) groups is 1. The molecule has 3 rings (SSSR count). The number of nitrogens with one attached hydrogen (secondary N) is 2. The van der Waals surface area contributed by atoms with E-state index in [-0.39, 0.29) is 16.8 Å². The number of carbonyl (C=O) groups excluding carboxylic acids is 1. The highest BCUT2D eigenvalue weighted by Gasteiger charge is 2.28. The van der Waals surface area contributed by atoms with Crippen LogP contribution in [0.2, 0.25) is 0 Å². The molecule has 1 amide bonds. The van der Waals surface area contributed by atoms with Crippen molar-refractivity contribution in [2.75, 3.05) is 7.11 Å². The predicted octanol–water partition coefficient (Wildman–Crippen LogP) is 2.20. The Morgan fingerprint density at radius 2 is 1.85 bits per heavy atom. The second kappa shape index (κ2) is 7.99. The summed E-state index contributed by atoms with van der Waals surface area (Å²) in [5.41, 5.74) is 2.29. The molecule has 0 spiro atoms. The number of sulfonamides is 1. The van der Waals surface area contributed by atoms with Crippen molar-refractivity contribution in [2.24, 2.45) is 0 Å². The predicted molar refractivity (Wildman–Crippen MR) is 98.1 cm³/mol. The lowest BCUT2D eigenvalue weighted by Gasteiger charge is -2.09. The minimum absolute atomic E-state index is 0.0249. The van der Waals surface area contributed by atoms with Crippen LogP contribution in [0.15, 0.2) is 53.4 Å². The maximum atomic E-state index is 12.4. The summed E-state index contributed by atoms with van der Waals surface area (Å²) < 4.78 is 32.3. The van der Waals surface area contributed by atoms with Crippen LogP contribution in [0, 0.1) is 0 Å². The van der Waals surface area contributed by atoms with Gasteiger partial charge >= 0.3 is 0 Å². The van der Waals surface area contributed by atoms with E-state index >= 15 is 0 Å². The van der Waals surface area contributed by atoms with Crippen molar-refractivity contribution in [1.29, 1.82) is 0 Å². The molecule has 0 saturated heterocycles. The van der Waals surface area contributed by atoms with Crippen LogP contribution in [-0.2, 0) is 27.9 Å². The highest BCUT2D eigenvalue weighted by molar-refractivity contribution is 7.89. The lowest BCUT2D eigenvalue weighted by atomic mass is 10.1. The van der Waals surface area contributed by atoms with Crippen molar-refractivity contribution < 1.29 is 17.9 Å². The summed E-state index contributed by atoms with van der Waals surface area (Å²) >= 11 is 0. The largest absolute Gasteiger partial charge is 0.380 e. The first-order chi connectivity index (χ1) is 12.5. The van der Waals surface area contributed by atoms with Crippen molar-refractivity contribution in [3.05, 3.63) is 65.2 Å². The third-order valence-corrected chi connectivity index (χ3v) is 5.58. The molecule has 0 radical (unpaired) electrons. The Morgan fingerprint density at radius 3 is 2.58 bits per heavy atom. The van der Waals surface area contributed by atoms with Crippen LogP contribution in [0.3, 0.4) is 0 Å². The van der Waals surface area contributed by atoms with Crippen molar-refractivity contribution in [3.63, 3.8) is 0 Å². The second-order valence-electron chi connectivity index (χ2n) is 6.36. The number of methoxy groups -OCH3 is 1. The van der Waals surface area contributed by atoms with Crippen molar-refractivity contribution in [1.82, 2.24) is 10.0 Å². The van der Waals surface area contributed by atoms with Gasteiger partial charge in [0.25, 0.3) is 5.91 Å². The zero-order valence-corrected chi connectivity index (χ0v) is 15.4. The van der Waals surface area contributed by atoms with Crippen molar-refractivity contribution >= 4 is 15.9 Å². The van der Waals surface area contributed by atoms with E-state index in [0.29, 0.717) is 18.7 Å².